The summed E-state index contributed by atoms with van der Waals surface area (Å²) in [6.45, 7) is 0.913. The number of amides is 4. The van der Waals surface area contributed by atoms with E-state index in [2.05, 4.69) is 10.6 Å². The Hall–Kier alpha value is -3.29. The Labute approximate surface area is 180 Å². The van der Waals surface area contributed by atoms with E-state index < -0.39 is 6.04 Å². The molecule has 0 spiro atoms. The lowest BCUT2D eigenvalue weighted by atomic mass is 9.96. The third-order valence-corrected chi connectivity index (χ3v) is 6.48. The molecule has 1 unspecified atom stereocenters. The highest BCUT2D eigenvalue weighted by Crippen LogP contribution is 2.30. The molecule has 1 atom stereocenters. The van der Waals surface area contributed by atoms with Crippen LogP contribution in [0, 0.1) is 0 Å². The maximum Gasteiger partial charge on any atom is 0.317 e. The molecule has 8 nitrogen and oxygen atoms in total. The predicted octanol–water partition coefficient (Wildman–Crippen LogP) is 3.07. The lowest BCUT2D eigenvalue weighted by Gasteiger charge is -2.40. The van der Waals surface area contributed by atoms with Gasteiger partial charge in [0.2, 0.25) is 5.91 Å². The smallest absolute Gasteiger partial charge is 0.317 e. The van der Waals surface area contributed by atoms with Crippen molar-refractivity contribution in [2.24, 2.45) is 0 Å². The zero-order chi connectivity index (χ0) is 21.4. The number of benzene rings is 1. The molecule has 5 rings (SSSR count). The van der Waals surface area contributed by atoms with Crippen LogP contribution in [-0.2, 0) is 4.79 Å². The van der Waals surface area contributed by atoms with E-state index in [1.54, 1.807) is 34.3 Å². The van der Waals surface area contributed by atoms with Crippen molar-refractivity contribution in [3.8, 4) is 11.3 Å². The molecule has 1 aromatic carbocycles. The van der Waals surface area contributed by atoms with E-state index in [1.807, 2.05) is 12.1 Å². The largest absolute Gasteiger partial charge is 0.464 e. The number of urea groups is 1. The summed E-state index contributed by atoms with van der Waals surface area (Å²) in [4.78, 5) is 42.3. The van der Waals surface area contributed by atoms with E-state index in [4.69, 9.17) is 4.42 Å². The van der Waals surface area contributed by atoms with Crippen molar-refractivity contribution < 1.29 is 18.8 Å². The summed E-state index contributed by atoms with van der Waals surface area (Å²) >= 11 is 0. The normalized spacial score (nSPS) is 21.7. The number of rotatable bonds is 2. The topological polar surface area (TPSA) is 94.9 Å². The summed E-state index contributed by atoms with van der Waals surface area (Å²) in [5.41, 5.74) is 1.69. The zero-order valence-corrected chi connectivity index (χ0v) is 17.3. The first-order valence-electron chi connectivity index (χ1n) is 11.0. The van der Waals surface area contributed by atoms with Crippen molar-refractivity contribution in [2.45, 2.75) is 44.2 Å². The highest BCUT2D eigenvalue weighted by molar-refractivity contribution is 6.10. The van der Waals surface area contributed by atoms with Gasteiger partial charge >= 0.3 is 6.03 Å². The van der Waals surface area contributed by atoms with Crippen LogP contribution >= 0.6 is 0 Å². The van der Waals surface area contributed by atoms with Crippen LogP contribution in [0.15, 0.2) is 41.0 Å². The molecule has 1 aromatic heterocycles. The third-order valence-electron chi connectivity index (χ3n) is 6.48. The Morgan fingerprint density at radius 2 is 1.94 bits per heavy atom. The van der Waals surface area contributed by atoms with E-state index in [9.17, 15) is 14.4 Å². The van der Waals surface area contributed by atoms with Crippen LogP contribution in [0.1, 0.15) is 42.5 Å². The van der Waals surface area contributed by atoms with Gasteiger partial charge in [-0.1, -0.05) is 19.3 Å². The molecule has 2 aromatic rings. The van der Waals surface area contributed by atoms with Gasteiger partial charge in [0.25, 0.3) is 5.91 Å². The van der Waals surface area contributed by atoms with Crippen molar-refractivity contribution in [3.05, 3.63) is 42.2 Å². The minimum Gasteiger partial charge on any atom is -0.464 e. The number of carbonyl (C=O) groups excluding carboxylic acids is 3. The number of piperazine rings is 1. The molecule has 2 N–H and O–H groups in total. The molecule has 1 saturated heterocycles. The molecular weight excluding hydrogens is 396 g/mol. The Bertz CT molecular complexity index is 997. The molecule has 1 saturated carbocycles. The Morgan fingerprint density at radius 1 is 1.10 bits per heavy atom. The minimum atomic E-state index is -0.710. The molecule has 3 aliphatic rings. The molecule has 2 fully saturated rings. The number of hydrogen-bond acceptors (Lipinski definition) is 4. The molecule has 4 amide bonds. The van der Waals surface area contributed by atoms with Crippen LogP contribution in [0.3, 0.4) is 0 Å². The zero-order valence-electron chi connectivity index (χ0n) is 17.3. The van der Waals surface area contributed by atoms with Crippen LogP contribution in [0.25, 0.3) is 11.3 Å². The van der Waals surface area contributed by atoms with E-state index in [-0.39, 0.29) is 30.4 Å². The predicted molar refractivity (Wildman–Crippen MR) is 115 cm³/mol. The van der Waals surface area contributed by atoms with Crippen molar-refractivity contribution in [2.75, 3.05) is 25.0 Å². The van der Waals surface area contributed by atoms with Crippen LogP contribution in [0.4, 0.5) is 10.5 Å². The summed E-state index contributed by atoms with van der Waals surface area (Å²) in [7, 11) is 0. The second-order valence-electron chi connectivity index (χ2n) is 8.47. The maximum atomic E-state index is 13.3. The highest BCUT2D eigenvalue weighted by Gasteiger charge is 2.40. The lowest BCUT2D eigenvalue weighted by molar-refractivity contribution is -0.121. The van der Waals surface area contributed by atoms with Gasteiger partial charge in [0.15, 0.2) is 0 Å². The average Bonchev–Trinajstić information content (AvgIpc) is 3.31. The van der Waals surface area contributed by atoms with Gasteiger partial charge in [-0.25, -0.2) is 4.79 Å². The summed E-state index contributed by atoms with van der Waals surface area (Å²) in [6, 6.07) is 8.27. The summed E-state index contributed by atoms with van der Waals surface area (Å²) in [5, 5.41) is 5.98. The van der Waals surface area contributed by atoms with E-state index in [0.29, 0.717) is 30.1 Å². The van der Waals surface area contributed by atoms with Crippen LogP contribution in [-0.4, -0.2) is 59.4 Å². The van der Waals surface area contributed by atoms with Gasteiger partial charge in [0, 0.05) is 24.7 Å². The molecule has 0 bridgehead atoms. The first kappa shape index (κ1) is 19.7. The Kier molecular flexibility index (Phi) is 5.13. The molecule has 31 heavy (non-hydrogen) atoms. The number of furan rings is 1. The van der Waals surface area contributed by atoms with Gasteiger partial charge in [0.1, 0.15) is 11.8 Å². The summed E-state index contributed by atoms with van der Waals surface area (Å²) in [6.07, 6.45) is 7.08. The first-order chi connectivity index (χ1) is 15.1. The van der Waals surface area contributed by atoms with Crippen molar-refractivity contribution in [3.63, 3.8) is 0 Å². The molecule has 1 aliphatic carbocycles. The maximum absolute atomic E-state index is 13.3. The van der Waals surface area contributed by atoms with E-state index in [0.717, 1.165) is 31.2 Å². The quantitative estimate of drug-likeness (QED) is 0.778. The summed E-state index contributed by atoms with van der Waals surface area (Å²) < 4.78 is 5.44. The highest BCUT2D eigenvalue weighted by atomic mass is 16.3. The lowest BCUT2D eigenvalue weighted by Crippen LogP contribution is -2.61. The number of carbonyl (C=O) groups is 3. The second kappa shape index (κ2) is 8.09. The minimum absolute atomic E-state index is 0.145. The number of anilines is 1. The molecule has 3 heterocycles. The number of hydrogen-bond donors (Lipinski definition) is 2. The number of nitrogens with zero attached hydrogens (tertiary/aromatic N) is 2. The summed E-state index contributed by atoms with van der Waals surface area (Å²) in [5.74, 6) is 0.180. The van der Waals surface area contributed by atoms with Crippen LogP contribution < -0.4 is 10.6 Å². The Balaban J connectivity index is 1.34. The van der Waals surface area contributed by atoms with Crippen LogP contribution in [0.2, 0.25) is 0 Å². The molecular formula is C23H26N4O4. The van der Waals surface area contributed by atoms with Crippen LogP contribution in [0.5, 0.6) is 0 Å². The SMILES string of the molecule is O=C1Nc2ccc(-c3ccco3)cc2C(=O)N2CCN(C(=O)NC3CCCCC3)CC12. The fourth-order valence-corrected chi connectivity index (χ4v) is 4.74. The first-order valence-corrected chi connectivity index (χ1v) is 11.0. The molecule has 0 radical (unpaired) electrons. The van der Waals surface area contributed by atoms with Gasteiger partial charge in [0.05, 0.1) is 24.1 Å². The average molecular weight is 422 g/mol. The monoisotopic (exact) mass is 422 g/mol. The van der Waals surface area contributed by atoms with Crippen molar-refractivity contribution in [1.82, 2.24) is 15.1 Å². The van der Waals surface area contributed by atoms with Gasteiger partial charge in [-0.05, 0) is 43.2 Å². The second-order valence-corrected chi connectivity index (χ2v) is 8.47. The fourth-order valence-electron chi connectivity index (χ4n) is 4.74. The fraction of sp³-hybridized carbons (Fsp3) is 0.435. The van der Waals surface area contributed by atoms with E-state index >= 15 is 0 Å². The molecule has 162 valence electrons. The van der Waals surface area contributed by atoms with Gasteiger partial charge in [-0.2, -0.15) is 0 Å². The molecule has 8 heteroatoms. The van der Waals surface area contributed by atoms with Crippen molar-refractivity contribution in [1.29, 1.82) is 0 Å². The van der Waals surface area contributed by atoms with Gasteiger partial charge in [-0.15, -0.1) is 0 Å². The number of nitrogens with one attached hydrogen (secondary N) is 2. The van der Waals surface area contributed by atoms with Gasteiger partial charge < -0.3 is 24.9 Å². The van der Waals surface area contributed by atoms with Crippen molar-refractivity contribution >= 4 is 23.5 Å². The number of fused-ring (bicyclic) bond motifs is 2. The molecule has 2 aliphatic heterocycles. The Morgan fingerprint density at radius 3 is 2.71 bits per heavy atom. The standard InChI is InChI=1S/C23H26N4O4/c28-21-19-14-26(23(30)24-16-5-2-1-3-6-16)10-11-27(19)22(29)17-13-15(8-9-18(17)25-21)20-7-4-12-31-20/h4,7-9,12-13,16,19H,1-3,5-6,10-11,14H2,(H,24,30)(H,25,28). The van der Waals surface area contributed by atoms with E-state index in [1.165, 1.54) is 6.42 Å². The van der Waals surface area contributed by atoms with Gasteiger partial charge in [-0.3, -0.25) is 9.59 Å². The third kappa shape index (κ3) is 3.78.